The zero-order valence-electron chi connectivity index (χ0n) is 9.04. The second-order valence-electron chi connectivity index (χ2n) is 4.16. The van der Waals surface area contributed by atoms with Crippen LogP contribution < -0.4 is 11.1 Å². The summed E-state index contributed by atoms with van der Waals surface area (Å²) in [5, 5.41) is 11.2. The van der Waals surface area contributed by atoms with Gasteiger partial charge in [-0.1, -0.05) is 0 Å². The van der Waals surface area contributed by atoms with E-state index in [1.165, 1.54) is 0 Å². The summed E-state index contributed by atoms with van der Waals surface area (Å²) in [6.45, 7) is 5.73. The van der Waals surface area contributed by atoms with Crippen LogP contribution in [0.4, 0.5) is 4.79 Å². The number of nitrogens with one attached hydrogen (secondary N) is 1. The highest BCUT2D eigenvalue weighted by molar-refractivity contribution is 5.67. The Labute approximate surface area is 84.6 Å². The minimum Gasteiger partial charge on any atom is -0.444 e. The van der Waals surface area contributed by atoms with E-state index in [0.717, 1.165) is 0 Å². The number of hydrogen-bond donors (Lipinski definition) is 3. The highest BCUT2D eigenvalue weighted by Crippen LogP contribution is 2.06. The third-order valence-electron chi connectivity index (χ3n) is 1.42. The van der Waals surface area contributed by atoms with E-state index in [-0.39, 0.29) is 12.6 Å². The standard InChI is InChI=1S/C9H20N2O3/c1-9(2,3)14-8(13)11-5-4-7(10)6-12/h7,12H,4-6,10H2,1-3H3,(H,11,13). The SMILES string of the molecule is CC(C)(C)OC(=O)NCCC(N)CO. The lowest BCUT2D eigenvalue weighted by molar-refractivity contribution is 0.0525. The van der Waals surface area contributed by atoms with Gasteiger partial charge >= 0.3 is 6.09 Å². The number of amides is 1. The number of carbonyl (C=O) groups excluding carboxylic acids is 1. The molecule has 0 heterocycles. The zero-order valence-corrected chi connectivity index (χ0v) is 9.04. The van der Waals surface area contributed by atoms with Crippen LogP contribution in [0.1, 0.15) is 27.2 Å². The molecule has 0 saturated heterocycles. The molecule has 1 atom stereocenters. The van der Waals surface area contributed by atoms with Crippen LogP contribution in [-0.4, -0.2) is 36.0 Å². The summed E-state index contributed by atoms with van der Waals surface area (Å²) < 4.78 is 5.00. The summed E-state index contributed by atoms with van der Waals surface area (Å²) in [5.74, 6) is 0. The van der Waals surface area contributed by atoms with Crippen molar-refractivity contribution in [3.05, 3.63) is 0 Å². The number of hydrogen-bond acceptors (Lipinski definition) is 4. The van der Waals surface area contributed by atoms with Crippen LogP contribution in [0.15, 0.2) is 0 Å². The van der Waals surface area contributed by atoms with Crippen LogP contribution in [0.5, 0.6) is 0 Å². The summed E-state index contributed by atoms with van der Waals surface area (Å²) in [6, 6.07) is -0.287. The summed E-state index contributed by atoms with van der Waals surface area (Å²) in [6.07, 6.45) is 0.0816. The maximum atomic E-state index is 11.1. The predicted molar refractivity (Wildman–Crippen MR) is 53.9 cm³/mol. The molecule has 0 aliphatic rings. The smallest absolute Gasteiger partial charge is 0.407 e. The van der Waals surface area contributed by atoms with Gasteiger partial charge in [-0.25, -0.2) is 4.79 Å². The van der Waals surface area contributed by atoms with Crippen molar-refractivity contribution in [1.82, 2.24) is 5.32 Å². The molecule has 84 valence electrons. The van der Waals surface area contributed by atoms with Gasteiger partial charge in [-0.3, -0.25) is 0 Å². The average Bonchev–Trinajstić information content (AvgIpc) is 2.00. The average molecular weight is 204 g/mol. The predicted octanol–water partition coefficient (Wildman–Crippen LogP) is 0.221. The van der Waals surface area contributed by atoms with Gasteiger partial charge in [0.2, 0.25) is 0 Å². The second-order valence-corrected chi connectivity index (χ2v) is 4.16. The molecule has 0 aromatic heterocycles. The van der Waals surface area contributed by atoms with E-state index in [2.05, 4.69) is 5.32 Å². The Morgan fingerprint density at radius 3 is 2.57 bits per heavy atom. The zero-order chi connectivity index (χ0) is 11.2. The summed E-state index contributed by atoms with van der Waals surface area (Å²) >= 11 is 0. The van der Waals surface area contributed by atoms with E-state index < -0.39 is 11.7 Å². The fraction of sp³-hybridized carbons (Fsp3) is 0.889. The van der Waals surface area contributed by atoms with Crippen molar-refractivity contribution in [2.24, 2.45) is 5.73 Å². The Kier molecular flexibility index (Phi) is 5.49. The number of nitrogens with two attached hydrogens (primary N) is 1. The van der Waals surface area contributed by atoms with E-state index in [0.29, 0.717) is 13.0 Å². The largest absolute Gasteiger partial charge is 0.444 e. The topological polar surface area (TPSA) is 84.6 Å². The Morgan fingerprint density at radius 1 is 1.57 bits per heavy atom. The van der Waals surface area contributed by atoms with Gasteiger partial charge in [0.15, 0.2) is 0 Å². The lowest BCUT2D eigenvalue weighted by Crippen LogP contribution is -2.36. The van der Waals surface area contributed by atoms with Gasteiger partial charge in [0.05, 0.1) is 6.61 Å². The molecule has 0 aliphatic heterocycles. The van der Waals surface area contributed by atoms with E-state index in [1.807, 2.05) is 0 Å². The van der Waals surface area contributed by atoms with Gasteiger partial charge in [-0.2, -0.15) is 0 Å². The van der Waals surface area contributed by atoms with Crippen molar-refractivity contribution < 1.29 is 14.6 Å². The maximum Gasteiger partial charge on any atom is 0.407 e. The number of rotatable bonds is 4. The first-order valence-electron chi connectivity index (χ1n) is 4.68. The molecule has 0 aromatic carbocycles. The molecule has 5 nitrogen and oxygen atoms in total. The summed E-state index contributed by atoms with van der Waals surface area (Å²) in [5.41, 5.74) is 4.96. The molecule has 1 amide bonds. The van der Waals surface area contributed by atoms with Gasteiger partial charge in [0.25, 0.3) is 0 Å². The Hall–Kier alpha value is -0.810. The van der Waals surface area contributed by atoms with Crippen molar-refractivity contribution in [2.45, 2.75) is 38.8 Å². The first-order valence-corrected chi connectivity index (χ1v) is 4.68. The Bertz CT molecular complexity index is 177. The molecule has 0 radical (unpaired) electrons. The molecule has 0 aromatic rings. The van der Waals surface area contributed by atoms with Crippen LogP contribution in [0.3, 0.4) is 0 Å². The van der Waals surface area contributed by atoms with Gasteiger partial charge in [-0.05, 0) is 27.2 Å². The normalized spacial score (nSPS) is 13.5. The second kappa shape index (κ2) is 5.82. The molecule has 0 aliphatic carbocycles. The minimum atomic E-state index is -0.483. The Balaban J connectivity index is 3.55. The van der Waals surface area contributed by atoms with E-state index in [1.54, 1.807) is 20.8 Å². The highest BCUT2D eigenvalue weighted by Gasteiger charge is 2.15. The number of ether oxygens (including phenoxy) is 1. The highest BCUT2D eigenvalue weighted by atomic mass is 16.6. The lowest BCUT2D eigenvalue weighted by Gasteiger charge is -2.19. The number of alkyl carbamates (subject to hydrolysis) is 1. The van der Waals surface area contributed by atoms with Crippen molar-refractivity contribution in [3.8, 4) is 0 Å². The molecule has 0 saturated carbocycles. The molecular formula is C9H20N2O3. The Morgan fingerprint density at radius 2 is 2.14 bits per heavy atom. The van der Waals surface area contributed by atoms with E-state index in [4.69, 9.17) is 15.6 Å². The van der Waals surface area contributed by atoms with Crippen molar-refractivity contribution >= 4 is 6.09 Å². The molecular weight excluding hydrogens is 184 g/mol. The molecule has 0 rings (SSSR count). The minimum absolute atomic E-state index is 0.0734. The summed E-state index contributed by atoms with van der Waals surface area (Å²) in [7, 11) is 0. The first-order chi connectivity index (χ1) is 6.35. The van der Waals surface area contributed by atoms with Crippen LogP contribution in [0, 0.1) is 0 Å². The van der Waals surface area contributed by atoms with Gasteiger partial charge in [0, 0.05) is 12.6 Å². The van der Waals surface area contributed by atoms with Gasteiger partial charge in [-0.15, -0.1) is 0 Å². The first kappa shape index (κ1) is 13.2. The number of carbonyl (C=O) groups is 1. The fourth-order valence-electron chi connectivity index (χ4n) is 0.765. The van der Waals surface area contributed by atoms with Crippen LogP contribution in [0.25, 0.3) is 0 Å². The molecule has 0 bridgehead atoms. The van der Waals surface area contributed by atoms with Crippen LogP contribution >= 0.6 is 0 Å². The van der Waals surface area contributed by atoms with Gasteiger partial charge < -0.3 is 20.9 Å². The maximum absolute atomic E-state index is 11.1. The van der Waals surface area contributed by atoms with Crippen molar-refractivity contribution in [2.75, 3.05) is 13.2 Å². The molecule has 5 heteroatoms. The molecule has 14 heavy (non-hydrogen) atoms. The van der Waals surface area contributed by atoms with E-state index in [9.17, 15) is 4.79 Å². The number of aliphatic hydroxyl groups is 1. The third kappa shape index (κ3) is 7.82. The summed E-state index contributed by atoms with van der Waals surface area (Å²) in [4.78, 5) is 11.1. The molecule has 0 fully saturated rings. The fourth-order valence-corrected chi connectivity index (χ4v) is 0.765. The monoisotopic (exact) mass is 204 g/mol. The molecule has 1 unspecified atom stereocenters. The van der Waals surface area contributed by atoms with Gasteiger partial charge in [0.1, 0.15) is 5.60 Å². The quantitative estimate of drug-likeness (QED) is 0.611. The number of aliphatic hydroxyl groups excluding tert-OH is 1. The molecule has 4 N–H and O–H groups in total. The third-order valence-corrected chi connectivity index (χ3v) is 1.42. The van der Waals surface area contributed by atoms with Crippen molar-refractivity contribution in [1.29, 1.82) is 0 Å². The van der Waals surface area contributed by atoms with Crippen LogP contribution in [-0.2, 0) is 4.74 Å². The van der Waals surface area contributed by atoms with Crippen molar-refractivity contribution in [3.63, 3.8) is 0 Å². The van der Waals surface area contributed by atoms with E-state index >= 15 is 0 Å². The lowest BCUT2D eigenvalue weighted by atomic mass is 10.2. The van der Waals surface area contributed by atoms with Crippen LogP contribution in [0.2, 0.25) is 0 Å². The molecule has 0 spiro atoms.